The van der Waals surface area contributed by atoms with E-state index >= 15 is 0 Å². The zero-order valence-electron chi connectivity index (χ0n) is 14.6. The van der Waals surface area contributed by atoms with Gasteiger partial charge in [-0.05, 0) is 25.5 Å². The van der Waals surface area contributed by atoms with Gasteiger partial charge in [0.05, 0.1) is 17.8 Å². The molecule has 2 aromatic heterocycles. The molecule has 0 fully saturated rings. The summed E-state index contributed by atoms with van der Waals surface area (Å²) in [6.45, 7) is 12.5. The number of rotatable bonds is 2. The fourth-order valence-corrected chi connectivity index (χ4v) is 2.92. The largest absolute Gasteiger partial charge is 0.465 e. The molecule has 1 N–H and O–H groups in total. The lowest BCUT2D eigenvalue weighted by molar-refractivity contribution is 0.220. The van der Waals surface area contributed by atoms with E-state index in [2.05, 4.69) is 43.6 Å². The van der Waals surface area contributed by atoms with Gasteiger partial charge in [0.25, 0.3) is 5.56 Å². The van der Waals surface area contributed by atoms with Gasteiger partial charge in [-0.25, -0.2) is 4.98 Å². The summed E-state index contributed by atoms with van der Waals surface area (Å²) in [5, 5.41) is 0. The maximum absolute atomic E-state index is 12.4. The number of hydrogen-bond acceptors (Lipinski definition) is 4. The maximum atomic E-state index is 12.4. The van der Waals surface area contributed by atoms with Crippen molar-refractivity contribution < 1.29 is 4.42 Å². The molecule has 0 saturated heterocycles. The van der Waals surface area contributed by atoms with Gasteiger partial charge in [-0.15, -0.1) is 0 Å². The van der Waals surface area contributed by atoms with Gasteiger partial charge in [0.1, 0.15) is 17.3 Å². The highest BCUT2D eigenvalue weighted by atomic mass is 16.3. The van der Waals surface area contributed by atoms with E-state index in [1.54, 1.807) is 0 Å². The lowest BCUT2D eigenvalue weighted by Gasteiger charge is -2.28. The van der Waals surface area contributed by atoms with Crippen molar-refractivity contribution in [3.8, 4) is 0 Å². The molecule has 3 rings (SSSR count). The number of furan rings is 1. The summed E-state index contributed by atoms with van der Waals surface area (Å²) in [6, 6.07) is 2.08. The lowest BCUT2D eigenvalue weighted by Crippen LogP contribution is -2.37. The third-order valence-electron chi connectivity index (χ3n) is 4.45. The molecule has 5 nitrogen and oxygen atoms in total. The summed E-state index contributed by atoms with van der Waals surface area (Å²) in [5.74, 6) is 2.69. The molecule has 1 aliphatic rings. The van der Waals surface area contributed by atoms with E-state index in [9.17, 15) is 4.79 Å². The predicted octanol–water partition coefficient (Wildman–Crippen LogP) is 2.84. The highest BCUT2D eigenvalue weighted by Crippen LogP contribution is 2.22. The Morgan fingerprint density at radius 3 is 2.70 bits per heavy atom. The Balaban J connectivity index is 1.82. The number of nitrogens with one attached hydrogen (secondary N) is 1. The Kier molecular flexibility index (Phi) is 3.92. The van der Waals surface area contributed by atoms with Gasteiger partial charge < -0.3 is 9.40 Å². The van der Waals surface area contributed by atoms with Gasteiger partial charge in [-0.2, -0.15) is 0 Å². The van der Waals surface area contributed by atoms with E-state index in [1.807, 2.05) is 6.92 Å². The average molecular weight is 315 g/mol. The molecule has 0 amide bonds. The number of H-pyrrole nitrogens is 1. The van der Waals surface area contributed by atoms with Crippen LogP contribution in [0.25, 0.3) is 0 Å². The number of aryl methyl sites for hydroxylation is 2. The summed E-state index contributed by atoms with van der Waals surface area (Å²) < 4.78 is 5.76. The third kappa shape index (κ3) is 3.24. The summed E-state index contributed by atoms with van der Waals surface area (Å²) in [6.07, 6.45) is 0.807. The molecular weight excluding hydrogens is 290 g/mol. The Morgan fingerprint density at radius 1 is 1.35 bits per heavy atom. The van der Waals surface area contributed by atoms with E-state index in [0.717, 1.165) is 48.1 Å². The smallest absolute Gasteiger partial charge is 0.255 e. The first-order chi connectivity index (χ1) is 10.7. The number of aromatic nitrogens is 2. The van der Waals surface area contributed by atoms with E-state index < -0.39 is 0 Å². The Bertz CT molecular complexity index is 761. The van der Waals surface area contributed by atoms with Crippen LogP contribution in [0.3, 0.4) is 0 Å². The summed E-state index contributed by atoms with van der Waals surface area (Å²) >= 11 is 0. The number of fused-ring (bicyclic) bond motifs is 1. The third-order valence-corrected chi connectivity index (χ3v) is 4.45. The minimum atomic E-state index is -0.144. The predicted molar refractivity (Wildman–Crippen MR) is 89.6 cm³/mol. The van der Waals surface area contributed by atoms with Gasteiger partial charge in [-0.1, -0.05) is 20.8 Å². The molecular formula is C18H25N3O2. The molecule has 0 unspecified atom stereocenters. The second kappa shape index (κ2) is 5.64. The zero-order chi connectivity index (χ0) is 16.8. The van der Waals surface area contributed by atoms with Gasteiger partial charge in [0.15, 0.2) is 0 Å². The molecule has 0 aliphatic carbocycles. The molecule has 23 heavy (non-hydrogen) atoms. The van der Waals surface area contributed by atoms with Crippen LogP contribution in [0.15, 0.2) is 15.3 Å². The van der Waals surface area contributed by atoms with E-state index in [1.165, 1.54) is 5.56 Å². The first kappa shape index (κ1) is 16.0. The monoisotopic (exact) mass is 315 g/mol. The topological polar surface area (TPSA) is 62.1 Å². The van der Waals surface area contributed by atoms with Gasteiger partial charge in [0, 0.05) is 24.9 Å². The first-order valence-corrected chi connectivity index (χ1v) is 8.15. The van der Waals surface area contributed by atoms with Crippen LogP contribution in [-0.4, -0.2) is 21.4 Å². The van der Waals surface area contributed by atoms with E-state index in [-0.39, 0.29) is 11.0 Å². The van der Waals surface area contributed by atoms with Crippen molar-refractivity contribution in [2.24, 2.45) is 0 Å². The summed E-state index contributed by atoms with van der Waals surface area (Å²) in [4.78, 5) is 22.3. The molecule has 124 valence electrons. The Labute approximate surface area is 136 Å². The second-order valence-corrected chi connectivity index (χ2v) is 7.50. The molecule has 3 heterocycles. The molecule has 0 saturated carbocycles. The van der Waals surface area contributed by atoms with Crippen molar-refractivity contribution in [2.45, 2.75) is 59.5 Å². The van der Waals surface area contributed by atoms with Crippen molar-refractivity contribution in [2.75, 3.05) is 6.54 Å². The summed E-state index contributed by atoms with van der Waals surface area (Å²) in [5.41, 5.74) is 2.77. The maximum Gasteiger partial charge on any atom is 0.255 e. The zero-order valence-corrected chi connectivity index (χ0v) is 14.6. The highest BCUT2D eigenvalue weighted by molar-refractivity contribution is 5.23. The van der Waals surface area contributed by atoms with E-state index in [4.69, 9.17) is 9.40 Å². The van der Waals surface area contributed by atoms with Crippen molar-refractivity contribution in [3.63, 3.8) is 0 Å². The van der Waals surface area contributed by atoms with Gasteiger partial charge >= 0.3 is 0 Å². The average Bonchev–Trinajstić information content (AvgIpc) is 2.76. The van der Waals surface area contributed by atoms with Crippen LogP contribution in [0.5, 0.6) is 0 Å². The minimum Gasteiger partial charge on any atom is -0.465 e. The number of hydrogen-bond donors (Lipinski definition) is 1. The van der Waals surface area contributed by atoms with Crippen LogP contribution >= 0.6 is 0 Å². The molecule has 5 heteroatoms. The second-order valence-electron chi connectivity index (χ2n) is 7.50. The molecule has 0 atom stereocenters. The van der Waals surface area contributed by atoms with Crippen molar-refractivity contribution in [1.82, 2.24) is 14.9 Å². The fraction of sp³-hybridized carbons (Fsp3) is 0.556. The van der Waals surface area contributed by atoms with Crippen LogP contribution in [0, 0.1) is 13.8 Å². The highest BCUT2D eigenvalue weighted by Gasteiger charge is 2.25. The van der Waals surface area contributed by atoms with Crippen LogP contribution in [0.2, 0.25) is 0 Å². The first-order valence-electron chi connectivity index (χ1n) is 8.15. The fourth-order valence-electron chi connectivity index (χ4n) is 2.92. The molecule has 0 aromatic carbocycles. The van der Waals surface area contributed by atoms with Crippen LogP contribution in [0.1, 0.15) is 54.9 Å². The lowest BCUT2D eigenvalue weighted by atomic mass is 9.95. The molecule has 0 radical (unpaired) electrons. The Morgan fingerprint density at radius 2 is 2.09 bits per heavy atom. The van der Waals surface area contributed by atoms with Crippen molar-refractivity contribution >= 4 is 0 Å². The van der Waals surface area contributed by atoms with Gasteiger partial charge in [-0.3, -0.25) is 9.69 Å². The molecule has 0 spiro atoms. The normalized spacial score (nSPS) is 15.7. The number of aromatic amines is 1. The Hall–Kier alpha value is -1.88. The summed E-state index contributed by atoms with van der Waals surface area (Å²) in [7, 11) is 0. The standard InChI is InChI=1S/C18H25N3O2/c1-11-8-13(23-12(11)2)9-21-7-6-15-14(10-21)16(22)20-17(19-15)18(3,4)5/h8H,6-7,9-10H2,1-5H3,(H,19,20,22). The van der Waals surface area contributed by atoms with Crippen molar-refractivity contribution in [3.05, 3.63) is 50.6 Å². The van der Waals surface area contributed by atoms with Crippen LogP contribution in [-0.2, 0) is 24.9 Å². The van der Waals surface area contributed by atoms with Crippen molar-refractivity contribution in [1.29, 1.82) is 0 Å². The SMILES string of the molecule is Cc1cc(CN2CCc3nc(C(C)(C)C)[nH]c(=O)c3C2)oc1C. The minimum absolute atomic E-state index is 0.00330. The molecule has 1 aliphatic heterocycles. The van der Waals surface area contributed by atoms with E-state index in [0.29, 0.717) is 6.54 Å². The van der Waals surface area contributed by atoms with Crippen LogP contribution < -0.4 is 5.56 Å². The van der Waals surface area contributed by atoms with Crippen LogP contribution in [0.4, 0.5) is 0 Å². The molecule has 0 bridgehead atoms. The quantitative estimate of drug-likeness (QED) is 0.925. The van der Waals surface area contributed by atoms with Gasteiger partial charge in [0.2, 0.25) is 0 Å². The molecule has 2 aromatic rings. The number of nitrogens with zero attached hydrogens (tertiary/aromatic N) is 2.